The number of carbonyl (C=O) groups is 2. The van der Waals surface area contributed by atoms with Gasteiger partial charge in [0, 0.05) is 45.9 Å². The van der Waals surface area contributed by atoms with E-state index in [2.05, 4.69) is 31.1 Å². The fraction of sp³-hybridized carbons (Fsp3) is 0.160. The molecule has 0 atom stereocenters. The summed E-state index contributed by atoms with van der Waals surface area (Å²) in [6, 6.07) is 14.8. The molecule has 1 amide bonds. The summed E-state index contributed by atoms with van der Waals surface area (Å²) in [4.78, 5) is 31.3. The van der Waals surface area contributed by atoms with E-state index in [1.54, 1.807) is 36.9 Å². The molecule has 0 spiro atoms. The van der Waals surface area contributed by atoms with Crippen molar-refractivity contribution < 1.29 is 37.1 Å². The van der Waals surface area contributed by atoms with E-state index in [9.17, 15) is 18.0 Å². The first-order valence-corrected chi connectivity index (χ1v) is 12.9. The van der Waals surface area contributed by atoms with Crippen molar-refractivity contribution in [1.29, 1.82) is 0 Å². The molecule has 0 saturated heterocycles. The number of carboxylic acids is 1. The number of fused-ring (bicyclic) bond motifs is 6. The van der Waals surface area contributed by atoms with Crippen molar-refractivity contribution in [2.45, 2.75) is 18.0 Å². The van der Waals surface area contributed by atoms with Crippen LogP contribution >= 0.6 is 23.4 Å². The van der Waals surface area contributed by atoms with Crippen LogP contribution < -0.4 is 20.7 Å². The second-order valence-electron chi connectivity index (χ2n) is 8.19. The van der Waals surface area contributed by atoms with Gasteiger partial charge in [-0.05, 0) is 31.2 Å². The summed E-state index contributed by atoms with van der Waals surface area (Å²) in [6.07, 6.45) is -3.56. The molecule has 2 aromatic heterocycles. The first-order chi connectivity index (χ1) is 19.5. The van der Waals surface area contributed by atoms with Crippen LogP contribution in [0, 0.1) is 6.92 Å². The van der Waals surface area contributed by atoms with Gasteiger partial charge in [0.25, 0.3) is 5.91 Å². The number of ether oxygens (including phenoxy) is 1. The lowest BCUT2D eigenvalue weighted by Crippen LogP contribution is -2.21. The van der Waals surface area contributed by atoms with E-state index in [0.717, 1.165) is 16.3 Å². The number of alkyl halides is 3. The van der Waals surface area contributed by atoms with Crippen LogP contribution in [-0.4, -0.2) is 50.6 Å². The second-order valence-corrected chi connectivity index (χ2v) is 9.77. The molecule has 2 aromatic carbocycles. The number of thioether (sulfide) groups is 1. The third-order valence-corrected chi connectivity index (χ3v) is 6.22. The number of halogens is 4. The van der Waals surface area contributed by atoms with Crippen molar-refractivity contribution in [3.05, 3.63) is 71.2 Å². The number of carboxylic acid groups (broad SMARTS) is 1. The Morgan fingerprint density at radius 2 is 1.90 bits per heavy atom. The third kappa shape index (κ3) is 8.49. The largest absolute Gasteiger partial charge is 0.493 e. The van der Waals surface area contributed by atoms with Crippen molar-refractivity contribution >= 4 is 64.1 Å². The summed E-state index contributed by atoms with van der Waals surface area (Å²) < 4.78 is 42.7. The van der Waals surface area contributed by atoms with Gasteiger partial charge in [-0.2, -0.15) is 18.2 Å². The van der Waals surface area contributed by atoms with Crippen LogP contribution in [0.3, 0.4) is 0 Å². The molecule has 214 valence electrons. The van der Waals surface area contributed by atoms with Crippen molar-refractivity contribution in [3.8, 4) is 5.75 Å². The highest BCUT2D eigenvalue weighted by atomic mass is 35.5. The molecule has 4 aromatic rings. The van der Waals surface area contributed by atoms with Crippen LogP contribution in [0.25, 0.3) is 0 Å². The second kappa shape index (κ2) is 12.8. The lowest BCUT2D eigenvalue weighted by molar-refractivity contribution is -0.192. The summed E-state index contributed by atoms with van der Waals surface area (Å²) in [7, 11) is 0. The molecule has 0 aliphatic carbocycles. The van der Waals surface area contributed by atoms with E-state index in [1.807, 2.05) is 30.3 Å². The molecule has 5 rings (SSSR count). The van der Waals surface area contributed by atoms with Crippen LogP contribution in [0.2, 0.25) is 5.02 Å². The highest BCUT2D eigenvalue weighted by molar-refractivity contribution is 7.99. The third-order valence-electron chi connectivity index (χ3n) is 4.99. The molecular formula is C25H20ClF3N6O5S. The maximum Gasteiger partial charge on any atom is 0.490 e. The Labute approximate surface area is 239 Å². The Morgan fingerprint density at radius 1 is 1.12 bits per heavy atom. The minimum absolute atomic E-state index is 0.187. The average Bonchev–Trinajstić information content (AvgIpc) is 3.34. The highest BCUT2D eigenvalue weighted by Crippen LogP contribution is 2.31. The first kappa shape index (κ1) is 29.5. The Morgan fingerprint density at radius 3 is 2.61 bits per heavy atom. The number of anilines is 5. The van der Waals surface area contributed by atoms with Crippen molar-refractivity contribution in [1.82, 2.24) is 15.1 Å². The van der Waals surface area contributed by atoms with Crippen LogP contribution in [0.4, 0.5) is 42.0 Å². The number of carbonyl (C=O) groups excluding carboxylic acids is 1. The normalized spacial score (nSPS) is 12.6. The van der Waals surface area contributed by atoms with Gasteiger partial charge in [0.1, 0.15) is 16.5 Å². The molecule has 3 heterocycles. The molecule has 1 aliphatic rings. The number of benzene rings is 2. The van der Waals surface area contributed by atoms with Crippen LogP contribution in [0.5, 0.6) is 5.75 Å². The minimum Gasteiger partial charge on any atom is -0.493 e. The number of hydrogen-bond donors (Lipinski definition) is 4. The first-order valence-electron chi connectivity index (χ1n) is 11.6. The molecule has 0 saturated carbocycles. The van der Waals surface area contributed by atoms with Gasteiger partial charge in [-0.3, -0.25) is 4.79 Å². The number of nitrogens with one attached hydrogen (secondary N) is 3. The van der Waals surface area contributed by atoms with Gasteiger partial charge in [-0.1, -0.05) is 22.8 Å². The molecule has 1 aliphatic heterocycles. The van der Waals surface area contributed by atoms with E-state index in [0.29, 0.717) is 46.3 Å². The van der Waals surface area contributed by atoms with E-state index >= 15 is 0 Å². The number of aliphatic carboxylic acids is 1. The van der Waals surface area contributed by atoms with E-state index < -0.39 is 18.1 Å². The smallest absolute Gasteiger partial charge is 0.490 e. The zero-order valence-electron chi connectivity index (χ0n) is 21.0. The maximum absolute atomic E-state index is 12.6. The fourth-order valence-corrected chi connectivity index (χ4v) is 4.18. The van der Waals surface area contributed by atoms with E-state index in [1.165, 1.54) is 6.20 Å². The molecule has 4 N–H and O–H groups in total. The molecule has 0 radical (unpaired) electrons. The molecule has 0 fully saturated rings. The van der Waals surface area contributed by atoms with Crippen LogP contribution in [0.1, 0.15) is 16.2 Å². The number of aromatic nitrogens is 3. The summed E-state index contributed by atoms with van der Waals surface area (Å²) in [5.74, 6) is -0.494. The Bertz CT molecular complexity index is 1570. The number of rotatable bonds is 2. The molecule has 6 bridgehead atoms. The lowest BCUT2D eigenvalue weighted by Gasteiger charge is -2.13. The topological polar surface area (TPSA) is 152 Å². The standard InChI is InChI=1S/C23H19ClN6O3S.C2HF3O2/c1-13-7-20(30-33-13)22(31)27-15-8-16-10-17(9-15)32-5-6-34-18-4-2-3-14(11-18)26-21-19(24)12-25-23(28-16)29-21;3-2(4,5)1(6)7/h2-4,7-12H,5-6H2,1H3,(H,27,31)(H2,25,26,28,29);(H,6,7). The maximum atomic E-state index is 12.6. The summed E-state index contributed by atoms with van der Waals surface area (Å²) in [5.41, 5.74) is 2.19. The Kier molecular flexibility index (Phi) is 9.19. The van der Waals surface area contributed by atoms with Crippen molar-refractivity contribution in [2.75, 3.05) is 28.3 Å². The molecular weight excluding hydrogens is 589 g/mol. The minimum atomic E-state index is -5.08. The Hall–Kier alpha value is -4.50. The molecule has 11 nitrogen and oxygen atoms in total. The van der Waals surface area contributed by atoms with Crippen molar-refractivity contribution in [2.24, 2.45) is 0 Å². The highest BCUT2D eigenvalue weighted by Gasteiger charge is 2.38. The van der Waals surface area contributed by atoms with E-state index in [-0.39, 0.29) is 5.69 Å². The van der Waals surface area contributed by atoms with Crippen molar-refractivity contribution in [3.63, 3.8) is 0 Å². The number of amides is 1. The van der Waals surface area contributed by atoms with Gasteiger partial charge >= 0.3 is 12.1 Å². The SMILES string of the molecule is Cc1cc(C(=O)Nc2cc3cc(c2)OCCSc2cccc(c2)Nc2nc(ncc2Cl)N3)no1.O=C(O)C(F)(F)F. The zero-order chi connectivity index (χ0) is 29.6. The zero-order valence-corrected chi connectivity index (χ0v) is 22.5. The number of hydrogen-bond acceptors (Lipinski definition) is 10. The quantitative estimate of drug-likeness (QED) is 0.203. The van der Waals surface area contributed by atoms with Crippen LogP contribution in [-0.2, 0) is 4.79 Å². The number of aryl methyl sites for hydroxylation is 1. The predicted octanol–water partition coefficient (Wildman–Crippen LogP) is 6.28. The number of nitrogens with zero attached hydrogens (tertiary/aromatic N) is 3. The van der Waals surface area contributed by atoms with Gasteiger partial charge in [0.05, 0.1) is 12.8 Å². The predicted molar refractivity (Wildman–Crippen MR) is 146 cm³/mol. The van der Waals surface area contributed by atoms with Gasteiger partial charge in [-0.15, -0.1) is 11.8 Å². The van der Waals surface area contributed by atoms with E-state index in [4.69, 9.17) is 30.8 Å². The Balaban J connectivity index is 0.000000493. The average molecular weight is 609 g/mol. The van der Waals surface area contributed by atoms with Crippen LogP contribution in [0.15, 0.2) is 64.1 Å². The summed E-state index contributed by atoms with van der Waals surface area (Å²) >= 11 is 7.99. The van der Waals surface area contributed by atoms with Gasteiger partial charge in [0.15, 0.2) is 11.5 Å². The van der Waals surface area contributed by atoms with Gasteiger partial charge in [0.2, 0.25) is 5.95 Å². The summed E-state index contributed by atoms with van der Waals surface area (Å²) in [6.45, 7) is 2.19. The van der Waals surface area contributed by atoms with Gasteiger partial charge in [-0.25, -0.2) is 9.78 Å². The lowest BCUT2D eigenvalue weighted by atomic mass is 10.2. The van der Waals surface area contributed by atoms with Gasteiger partial charge < -0.3 is 30.3 Å². The molecule has 41 heavy (non-hydrogen) atoms. The molecule has 16 heteroatoms. The summed E-state index contributed by atoms with van der Waals surface area (Å²) in [5, 5.41) is 20.5. The monoisotopic (exact) mass is 608 g/mol. The molecule has 0 unspecified atom stereocenters. The fourth-order valence-electron chi connectivity index (χ4n) is 3.26.